The molecule has 0 spiro atoms. The van der Waals surface area contributed by atoms with Crippen LogP contribution in [-0.2, 0) is 0 Å². The molecule has 0 unspecified atom stereocenters. The first-order chi connectivity index (χ1) is 10.1. The minimum atomic E-state index is -0.0837. The molecule has 2 amide bonds. The second-order valence-electron chi connectivity index (χ2n) is 4.70. The van der Waals surface area contributed by atoms with Gasteiger partial charge in [-0.05, 0) is 51.1 Å². The quantitative estimate of drug-likeness (QED) is 0.937. The van der Waals surface area contributed by atoms with Crippen LogP contribution in [0.15, 0.2) is 36.5 Å². The predicted molar refractivity (Wildman–Crippen MR) is 84.1 cm³/mol. The molecule has 1 aromatic heterocycles. The number of amides is 2. The molecular formula is C16H20N4O. The average Bonchev–Trinajstić information content (AvgIpc) is 2.49. The van der Waals surface area contributed by atoms with Crippen LogP contribution in [0, 0.1) is 6.92 Å². The summed E-state index contributed by atoms with van der Waals surface area (Å²) in [5.74, 6) is 0.691. The van der Waals surface area contributed by atoms with Crippen molar-refractivity contribution in [2.75, 3.05) is 18.4 Å². The number of nitrogens with zero attached hydrogens (tertiary/aromatic N) is 3. The van der Waals surface area contributed by atoms with Crippen molar-refractivity contribution in [2.24, 2.45) is 0 Å². The molecule has 0 aliphatic heterocycles. The first kappa shape index (κ1) is 15.0. The van der Waals surface area contributed by atoms with Gasteiger partial charge in [-0.1, -0.05) is 0 Å². The molecule has 21 heavy (non-hydrogen) atoms. The predicted octanol–water partition coefficient (Wildman–Crippen LogP) is 3.33. The Kier molecular flexibility index (Phi) is 4.87. The molecule has 1 N–H and O–H groups in total. The fourth-order valence-electron chi connectivity index (χ4n) is 2.00. The molecule has 0 saturated heterocycles. The Morgan fingerprint density at radius 1 is 1.14 bits per heavy atom. The van der Waals surface area contributed by atoms with Gasteiger partial charge in [0, 0.05) is 36.2 Å². The van der Waals surface area contributed by atoms with Crippen LogP contribution >= 0.6 is 0 Å². The molecule has 0 aliphatic rings. The van der Waals surface area contributed by atoms with Gasteiger partial charge in [-0.15, -0.1) is 0 Å². The van der Waals surface area contributed by atoms with Crippen molar-refractivity contribution < 1.29 is 4.79 Å². The highest BCUT2D eigenvalue weighted by Gasteiger charge is 2.09. The molecule has 2 aromatic rings. The SMILES string of the molecule is CCN(CC)C(=O)Nc1ccc(-c2nccc(C)n2)cc1. The van der Waals surface area contributed by atoms with Crippen LogP contribution in [-0.4, -0.2) is 34.0 Å². The minimum Gasteiger partial charge on any atom is -0.325 e. The lowest BCUT2D eigenvalue weighted by molar-refractivity contribution is 0.217. The molecular weight excluding hydrogens is 264 g/mol. The van der Waals surface area contributed by atoms with Crippen molar-refractivity contribution in [1.82, 2.24) is 14.9 Å². The van der Waals surface area contributed by atoms with Crippen LogP contribution in [0.4, 0.5) is 10.5 Å². The van der Waals surface area contributed by atoms with Gasteiger partial charge in [0.25, 0.3) is 0 Å². The standard InChI is InChI=1S/C16H20N4O/c1-4-20(5-2)16(21)19-14-8-6-13(7-9-14)15-17-11-10-12(3)18-15/h6-11H,4-5H2,1-3H3,(H,19,21). The highest BCUT2D eigenvalue weighted by molar-refractivity contribution is 5.89. The summed E-state index contributed by atoms with van der Waals surface area (Å²) >= 11 is 0. The van der Waals surface area contributed by atoms with E-state index in [1.54, 1.807) is 11.1 Å². The summed E-state index contributed by atoms with van der Waals surface area (Å²) in [4.78, 5) is 22.3. The zero-order valence-electron chi connectivity index (χ0n) is 12.6. The number of hydrogen-bond donors (Lipinski definition) is 1. The van der Waals surface area contributed by atoms with E-state index >= 15 is 0 Å². The lowest BCUT2D eigenvalue weighted by Gasteiger charge is -2.19. The Hall–Kier alpha value is -2.43. The van der Waals surface area contributed by atoms with Crippen molar-refractivity contribution in [3.63, 3.8) is 0 Å². The maximum absolute atomic E-state index is 12.0. The molecule has 0 radical (unpaired) electrons. The Morgan fingerprint density at radius 2 is 1.81 bits per heavy atom. The largest absolute Gasteiger partial charge is 0.325 e. The normalized spacial score (nSPS) is 10.2. The summed E-state index contributed by atoms with van der Waals surface area (Å²) in [5.41, 5.74) is 2.63. The molecule has 0 bridgehead atoms. The van der Waals surface area contributed by atoms with E-state index in [0.29, 0.717) is 18.9 Å². The molecule has 5 heteroatoms. The van der Waals surface area contributed by atoms with Crippen LogP contribution < -0.4 is 5.32 Å². The van der Waals surface area contributed by atoms with Crippen molar-refractivity contribution in [1.29, 1.82) is 0 Å². The summed E-state index contributed by atoms with van der Waals surface area (Å²) in [7, 11) is 0. The monoisotopic (exact) mass is 284 g/mol. The number of benzene rings is 1. The molecule has 1 heterocycles. The van der Waals surface area contributed by atoms with E-state index in [-0.39, 0.29) is 6.03 Å². The Bertz CT molecular complexity index is 606. The van der Waals surface area contributed by atoms with E-state index in [9.17, 15) is 4.79 Å². The summed E-state index contributed by atoms with van der Waals surface area (Å²) in [6.07, 6.45) is 1.74. The number of aryl methyl sites for hydroxylation is 1. The maximum atomic E-state index is 12.0. The number of urea groups is 1. The third-order valence-corrected chi connectivity index (χ3v) is 3.24. The van der Waals surface area contributed by atoms with Gasteiger partial charge < -0.3 is 10.2 Å². The van der Waals surface area contributed by atoms with Crippen molar-refractivity contribution >= 4 is 11.7 Å². The Morgan fingerprint density at radius 3 is 2.38 bits per heavy atom. The first-order valence-corrected chi connectivity index (χ1v) is 7.10. The van der Waals surface area contributed by atoms with E-state index in [0.717, 1.165) is 16.9 Å². The number of rotatable bonds is 4. The number of carbonyl (C=O) groups excluding carboxylic acids is 1. The maximum Gasteiger partial charge on any atom is 0.321 e. The fraction of sp³-hybridized carbons (Fsp3) is 0.312. The van der Waals surface area contributed by atoms with Gasteiger partial charge in [-0.25, -0.2) is 14.8 Å². The van der Waals surface area contributed by atoms with E-state index in [1.807, 2.05) is 51.1 Å². The van der Waals surface area contributed by atoms with E-state index < -0.39 is 0 Å². The summed E-state index contributed by atoms with van der Waals surface area (Å²) < 4.78 is 0. The van der Waals surface area contributed by atoms with Gasteiger partial charge in [-0.3, -0.25) is 0 Å². The number of nitrogens with one attached hydrogen (secondary N) is 1. The van der Waals surface area contributed by atoms with Crippen molar-refractivity contribution in [2.45, 2.75) is 20.8 Å². The minimum absolute atomic E-state index is 0.0837. The van der Waals surface area contributed by atoms with Gasteiger partial charge in [0.2, 0.25) is 0 Å². The third-order valence-electron chi connectivity index (χ3n) is 3.24. The summed E-state index contributed by atoms with van der Waals surface area (Å²) in [5, 5.41) is 2.88. The van der Waals surface area contributed by atoms with Crippen LogP contribution in [0.1, 0.15) is 19.5 Å². The van der Waals surface area contributed by atoms with E-state index in [4.69, 9.17) is 0 Å². The average molecular weight is 284 g/mol. The number of hydrogen-bond acceptors (Lipinski definition) is 3. The molecule has 0 saturated carbocycles. The molecule has 5 nitrogen and oxygen atoms in total. The zero-order valence-corrected chi connectivity index (χ0v) is 12.6. The van der Waals surface area contributed by atoms with Gasteiger partial charge in [0.05, 0.1) is 0 Å². The highest BCUT2D eigenvalue weighted by atomic mass is 16.2. The van der Waals surface area contributed by atoms with Gasteiger partial charge in [0.1, 0.15) is 0 Å². The number of carbonyl (C=O) groups is 1. The van der Waals surface area contributed by atoms with Gasteiger partial charge in [-0.2, -0.15) is 0 Å². The number of aromatic nitrogens is 2. The van der Waals surface area contributed by atoms with Crippen LogP contribution in [0.5, 0.6) is 0 Å². The lowest BCUT2D eigenvalue weighted by Crippen LogP contribution is -2.34. The second-order valence-corrected chi connectivity index (χ2v) is 4.70. The van der Waals surface area contributed by atoms with Crippen LogP contribution in [0.25, 0.3) is 11.4 Å². The van der Waals surface area contributed by atoms with E-state index in [2.05, 4.69) is 15.3 Å². The van der Waals surface area contributed by atoms with Crippen LogP contribution in [0.2, 0.25) is 0 Å². The fourth-order valence-corrected chi connectivity index (χ4v) is 2.00. The topological polar surface area (TPSA) is 58.1 Å². The highest BCUT2D eigenvalue weighted by Crippen LogP contribution is 2.18. The summed E-state index contributed by atoms with van der Waals surface area (Å²) in [6, 6.07) is 9.33. The number of anilines is 1. The zero-order chi connectivity index (χ0) is 15.2. The molecule has 0 aliphatic carbocycles. The summed E-state index contributed by atoms with van der Waals surface area (Å²) in [6.45, 7) is 7.24. The van der Waals surface area contributed by atoms with Crippen molar-refractivity contribution in [3.8, 4) is 11.4 Å². The first-order valence-electron chi connectivity index (χ1n) is 7.10. The molecule has 2 rings (SSSR count). The third kappa shape index (κ3) is 3.78. The van der Waals surface area contributed by atoms with E-state index in [1.165, 1.54) is 0 Å². The second kappa shape index (κ2) is 6.83. The smallest absolute Gasteiger partial charge is 0.321 e. The Balaban J connectivity index is 2.10. The molecule has 0 fully saturated rings. The van der Waals surface area contributed by atoms with Crippen LogP contribution in [0.3, 0.4) is 0 Å². The van der Waals surface area contributed by atoms with Crippen molar-refractivity contribution in [3.05, 3.63) is 42.2 Å². The lowest BCUT2D eigenvalue weighted by atomic mass is 10.2. The Labute approximate surface area is 125 Å². The molecule has 1 aromatic carbocycles. The van der Waals surface area contributed by atoms with Gasteiger partial charge >= 0.3 is 6.03 Å². The molecule has 110 valence electrons. The molecule has 0 atom stereocenters. The van der Waals surface area contributed by atoms with Gasteiger partial charge in [0.15, 0.2) is 5.82 Å².